The standard InChI is InChI=1S/C13H25NO2/c1-5-14-13(11(16)12(2,3)4)8-6-10(15)7-9-13/h10,14-15H,5-9H2,1-4H3. The number of rotatable bonds is 3. The summed E-state index contributed by atoms with van der Waals surface area (Å²) >= 11 is 0. The average Bonchev–Trinajstić information content (AvgIpc) is 2.20. The second-order valence-corrected chi connectivity index (χ2v) is 5.92. The van der Waals surface area contributed by atoms with Crippen molar-refractivity contribution >= 4 is 5.78 Å². The maximum atomic E-state index is 12.5. The first-order valence-corrected chi connectivity index (χ1v) is 6.30. The first-order valence-electron chi connectivity index (χ1n) is 6.30. The van der Waals surface area contributed by atoms with Crippen molar-refractivity contribution in [2.75, 3.05) is 6.54 Å². The molecular weight excluding hydrogens is 202 g/mol. The van der Waals surface area contributed by atoms with Gasteiger partial charge in [0.15, 0.2) is 5.78 Å². The lowest BCUT2D eigenvalue weighted by atomic mass is 9.70. The molecule has 0 spiro atoms. The third-order valence-electron chi connectivity index (χ3n) is 3.44. The van der Waals surface area contributed by atoms with Crippen LogP contribution in [0.3, 0.4) is 0 Å². The Kier molecular flexibility index (Phi) is 4.13. The van der Waals surface area contributed by atoms with E-state index in [1.165, 1.54) is 0 Å². The highest BCUT2D eigenvalue weighted by atomic mass is 16.3. The van der Waals surface area contributed by atoms with Crippen LogP contribution in [0.2, 0.25) is 0 Å². The zero-order valence-corrected chi connectivity index (χ0v) is 11.0. The molecule has 3 heteroatoms. The minimum absolute atomic E-state index is 0.223. The van der Waals surface area contributed by atoms with Gasteiger partial charge in [0.2, 0.25) is 0 Å². The van der Waals surface area contributed by atoms with E-state index in [9.17, 15) is 9.90 Å². The summed E-state index contributed by atoms with van der Waals surface area (Å²) in [6, 6.07) is 0. The summed E-state index contributed by atoms with van der Waals surface area (Å²) in [5, 5.41) is 12.9. The van der Waals surface area contributed by atoms with Crippen molar-refractivity contribution < 1.29 is 9.90 Å². The van der Waals surface area contributed by atoms with Gasteiger partial charge < -0.3 is 10.4 Å². The fourth-order valence-electron chi connectivity index (χ4n) is 2.64. The van der Waals surface area contributed by atoms with Crippen molar-refractivity contribution in [3.63, 3.8) is 0 Å². The Hall–Kier alpha value is -0.410. The van der Waals surface area contributed by atoms with Crippen molar-refractivity contribution in [3.8, 4) is 0 Å². The molecule has 3 nitrogen and oxygen atoms in total. The Morgan fingerprint density at radius 2 is 1.88 bits per heavy atom. The summed E-state index contributed by atoms with van der Waals surface area (Å²) in [5.74, 6) is 0.286. The number of aliphatic hydroxyl groups excluding tert-OH is 1. The lowest BCUT2D eigenvalue weighted by molar-refractivity contribution is -0.135. The second-order valence-electron chi connectivity index (χ2n) is 5.92. The quantitative estimate of drug-likeness (QED) is 0.774. The van der Waals surface area contributed by atoms with Crippen molar-refractivity contribution in [2.24, 2.45) is 5.41 Å². The van der Waals surface area contributed by atoms with Crippen LogP contribution in [0.15, 0.2) is 0 Å². The molecule has 1 saturated carbocycles. The van der Waals surface area contributed by atoms with Crippen molar-refractivity contribution in [3.05, 3.63) is 0 Å². The molecule has 0 radical (unpaired) electrons. The Bertz CT molecular complexity index is 247. The van der Waals surface area contributed by atoms with E-state index < -0.39 is 5.54 Å². The van der Waals surface area contributed by atoms with E-state index in [2.05, 4.69) is 5.32 Å². The van der Waals surface area contributed by atoms with Gasteiger partial charge in [-0.1, -0.05) is 27.7 Å². The van der Waals surface area contributed by atoms with Crippen molar-refractivity contribution in [2.45, 2.75) is 65.0 Å². The van der Waals surface area contributed by atoms with Crippen LogP contribution in [0.5, 0.6) is 0 Å². The predicted molar refractivity (Wildman–Crippen MR) is 65.3 cm³/mol. The molecule has 1 rings (SSSR count). The van der Waals surface area contributed by atoms with Crippen LogP contribution in [-0.2, 0) is 4.79 Å². The van der Waals surface area contributed by atoms with E-state index in [1.807, 2.05) is 27.7 Å². The topological polar surface area (TPSA) is 49.3 Å². The molecule has 0 saturated heterocycles. The van der Waals surface area contributed by atoms with Gasteiger partial charge in [-0.3, -0.25) is 4.79 Å². The zero-order chi connectivity index (χ0) is 12.4. The summed E-state index contributed by atoms with van der Waals surface area (Å²) in [6.07, 6.45) is 2.76. The normalized spacial score (nSPS) is 31.4. The molecule has 0 bridgehead atoms. The molecule has 94 valence electrons. The van der Waals surface area contributed by atoms with Gasteiger partial charge in [-0.05, 0) is 32.2 Å². The average molecular weight is 227 g/mol. The maximum Gasteiger partial charge on any atom is 0.158 e. The molecule has 0 aromatic carbocycles. The molecule has 0 atom stereocenters. The highest BCUT2D eigenvalue weighted by molar-refractivity contribution is 5.92. The Balaban J connectivity index is 2.85. The predicted octanol–water partition coefficient (Wildman–Crippen LogP) is 1.88. The van der Waals surface area contributed by atoms with Crippen LogP contribution in [0.25, 0.3) is 0 Å². The minimum Gasteiger partial charge on any atom is -0.393 e. The smallest absolute Gasteiger partial charge is 0.158 e. The molecule has 1 fully saturated rings. The summed E-state index contributed by atoms with van der Waals surface area (Å²) in [6.45, 7) is 8.75. The van der Waals surface area contributed by atoms with E-state index in [0.717, 1.165) is 32.2 Å². The number of likely N-dealkylation sites (N-methyl/N-ethyl adjacent to an activating group) is 1. The molecular formula is C13H25NO2. The third kappa shape index (κ3) is 2.83. The second kappa shape index (κ2) is 4.84. The molecule has 0 unspecified atom stereocenters. The zero-order valence-electron chi connectivity index (χ0n) is 11.0. The Labute approximate surface area is 98.6 Å². The molecule has 0 aromatic heterocycles. The fourth-order valence-corrected chi connectivity index (χ4v) is 2.64. The summed E-state index contributed by atoms with van der Waals surface area (Å²) < 4.78 is 0. The highest BCUT2D eigenvalue weighted by Gasteiger charge is 2.44. The molecule has 0 amide bonds. The van der Waals surface area contributed by atoms with E-state index in [4.69, 9.17) is 0 Å². The third-order valence-corrected chi connectivity index (χ3v) is 3.44. The SMILES string of the molecule is CCNC1(C(=O)C(C)(C)C)CCC(O)CC1. The molecule has 1 aliphatic carbocycles. The molecule has 16 heavy (non-hydrogen) atoms. The van der Waals surface area contributed by atoms with E-state index >= 15 is 0 Å². The number of Topliss-reactive ketones (excluding diaryl/α,β-unsaturated/α-hetero) is 1. The number of ketones is 1. The van der Waals surface area contributed by atoms with E-state index in [0.29, 0.717) is 0 Å². The number of hydrogen-bond acceptors (Lipinski definition) is 3. The minimum atomic E-state index is -0.397. The van der Waals surface area contributed by atoms with Gasteiger partial charge in [0.05, 0.1) is 11.6 Å². The van der Waals surface area contributed by atoms with E-state index in [-0.39, 0.29) is 17.3 Å². The van der Waals surface area contributed by atoms with E-state index in [1.54, 1.807) is 0 Å². The fraction of sp³-hybridized carbons (Fsp3) is 0.923. The Morgan fingerprint density at radius 3 is 2.25 bits per heavy atom. The van der Waals surface area contributed by atoms with Gasteiger partial charge in [0.1, 0.15) is 0 Å². The maximum absolute atomic E-state index is 12.5. The van der Waals surface area contributed by atoms with Gasteiger partial charge in [0, 0.05) is 5.41 Å². The Morgan fingerprint density at radius 1 is 1.38 bits per heavy atom. The van der Waals surface area contributed by atoms with Crippen molar-refractivity contribution in [1.82, 2.24) is 5.32 Å². The van der Waals surface area contributed by atoms with Crippen molar-refractivity contribution in [1.29, 1.82) is 0 Å². The van der Waals surface area contributed by atoms with Crippen LogP contribution in [-0.4, -0.2) is 29.1 Å². The molecule has 2 N–H and O–H groups in total. The molecule has 1 aliphatic rings. The number of nitrogens with one attached hydrogen (secondary N) is 1. The molecule has 0 aromatic rings. The van der Waals surface area contributed by atoms with Crippen LogP contribution < -0.4 is 5.32 Å². The molecule has 0 heterocycles. The van der Waals surface area contributed by atoms with Crippen LogP contribution in [0.4, 0.5) is 0 Å². The summed E-state index contributed by atoms with van der Waals surface area (Å²) in [7, 11) is 0. The lowest BCUT2D eigenvalue weighted by Crippen LogP contribution is -2.58. The van der Waals surface area contributed by atoms with Gasteiger partial charge in [0.25, 0.3) is 0 Å². The lowest BCUT2D eigenvalue weighted by Gasteiger charge is -2.42. The number of carbonyl (C=O) groups is 1. The van der Waals surface area contributed by atoms with Gasteiger partial charge in [-0.25, -0.2) is 0 Å². The van der Waals surface area contributed by atoms with Gasteiger partial charge >= 0.3 is 0 Å². The first-order chi connectivity index (χ1) is 7.32. The molecule has 0 aliphatic heterocycles. The van der Waals surface area contributed by atoms with Crippen LogP contribution in [0, 0.1) is 5.41 Å². The van der Waals surface area contributed by atoms with Gasteiger partial charge in [-0.15, -0.1) is 0 Å². The van der Waals surface area contributed by atoms with Crippen LogP contribution >= 0.6 is 0 Å². The summed E-state index contributed by atoms with van der Waals surface area (Å²) in [4.78, 5) is 12.5. The first kappa shape index (κ1) is 13.7. The highest BCUT2D eigenvalue weighted by Crippen LogP contribution is 2.35. The van der Waals surface area contributed by atoms with Crippen LogP contribution in [0.1, 0.15) is 53.4 Å². The number of carbonyl (C=O) groups excluding carboxylic acids is 1. The monoisotopic (exact) mass is 227 g/mol. The van der Waals surface area contributed by atoms with Gasteiger partial charge in [-0.2, -0.15) is 0 Å². The number of hydrogen-bond donors (Lipinski definition) is 2. The summed E-state index contributed by atoms with van der Waals surface area (Å²) in [5.41, 5.74) is -0.712. The number of aliphatic hydroxyl groups is 1. The largest absolute Gasteiger partial charge is 0.393 e.